The van der Waals surface area contributed by atoms with Crippen molar-refractivity contribution in [2.24, 2.45) is 0 Å². The number of rotatable bonds is 5. The van der Waals surface area contributed by atoms with Gasteiger partial charge in [0.25, 0.3) is 0 Å². The number of H-pyrrole nitrogens is 1. The fourth-order valence-corrected chi connectivity index (χ4v) is 4.34. The van der Waals surface area contributed by atoms with Crippen LogP contribution in [0.25, 0.3) is 0 Å². The Hall–Kier alpha value is -1.51. The van der Waals surface area contributed by atoms with Crippen molar-refractivity contribution in [2.45, 2.75) is 31.7 Å². The first-order chi connectivity index (χ1) is 11.4. The number of nitrogens with one attached hydrogen (secondary N) is 1. The molecule has 0 bridgehead atoms. The smallest absolute Gasteiger partial charge is 0.211 e. The molecular formula is C16H22N4O2S2. The fraction of sp³-hybridized carbons (Fsp3) is 0.500. The lowest BCUT2D eigenvalue weighted by atomic mass is 9.98. The molecule has 0 aliphatic carbocycles. The summed E-state index contributed by atoms with van der Waals surface area (Å²) in [6.45, 7) is 1.80. The zero-order chi connectivity index (χ0) is 17.2. The van der Waals surface area contributed by atoms with Gasteiger partial charge in [-0.15, -0.1) is 0 Å². The summed E-state index contributed by atoms with van der Waals surface area (Å²) in [4.78, 5) is 0. The van der Waals surface area contributed by atoms with Crippen LogP contribution in [-0.2, 0) is 23.0 Å². The Labute approximate surface area is 147 Å². The topological polar surface area (TPSA) is 71.0 Å². The van der Waals surface area contributed by atoms with Crippen molar-refractivity contribution in [3.63, 3.8) is 0 Å². The fourth-order valence-electron chi connectivity index (χ4n) is 3.20. The van der Waals surface area contributed by atoms with Gasteiger partial charge in [-0.25, -0.2) is 12.7 Å². The van der Waals surface area contributed by atoms with Gasteiger partial charge in [-0.3, -0.25) is 5.10 Å². The number of aryl methyl sites for hydroxylation is 1. The second-order valence-electron chi connectivity index (χ2n) is 6.23. The molecule has 1 saturated heterocycles. The summed E-state index contributed by atoms with van der Waals surface area (Å²) < 4.78 is 27.8. The summed E-state index contributed by atoms with van der Waals surface area (Å²) in [6.07, 6.45) is 3.90. The molecule has 8 heteroatoms. The lowest BCUT2D eigenvalue weighted by Crippen LogP contribution is -2.39. The van der Waals surface area contributed by atoms with Crippen LogP contribution >= 0.6 is 12.2 Å². The Balaban J connectivity index is 1.78. The Bertz CT molecular complexity index is 842. The monoisotopic (exact) mass is 366 g/mol. The third kappa shape index (κ3) is 3.93. The molecule has 0 spiro atoms. The standard InChI is InChI=1S/C16H22N4O2S2/c1-24(21,22)19-10-5-8-14(12-19)15-17-18-16(23)20(15)11-9-13-6-3-2-4-7-13/h2-4,6-7,14H,5,8-12H2,1H3,(H,18,23)/t14-/m0/s1. The molecule has 130 valence electrons. The molecule has 1 aliphatic rings. The second-order valence-corrected chi connectivity index (χ2v) is 8.60. The van der Waals surface area contributed by atoms with E-state index in [2.05, 4.69) is 22.3 Å². The second kappa shape index (κ2) is 7.16. The first-order valence-electron chi connectivity index (χ1n) is 8.09. The van der Waals surface area contributed by atoms with Crippen molar-refractivity contribution < 1.29 is 8.42 Å². The Morgan fingerprint density at radius 1 is 1.33 bits per heavy atom. The average Bonchev–Trinajstić information content (AvgIpc) is 2.94. The van der Waals surface area contributed by atoms with Crippen molar-refractivity contribution in [3.05, 3.63) is 46.5 Å². The molecular weight excluding hydrogens is 344 g/mol. The number of sulfonamides is 1. The molecule has 0 radical (unpaired) electrons. The van der Waals surface area contributed by atoms with Crippen LogP contribution in [0, 0.1) is 4.77 Å². The largest absolute Gasteiger partial charge is 0.304 e. The van der Waals surface area contributed by atoms with Gasteiger partial charge in [0, 0.05) is 25.6 Å². The van der Waals surface area contributed by atoms with Crippen molar-refractivity contribution in [1.82, 2.24) is 19.1 Å². The molecule has 3 rings (SSSR count). The molecule has 2 aromatic rings. The highest BCUT2D eigenvalue weighted by Crippen LogP contribution is 2.27. The lowest BCUT2D eigenvalue weighted by Gasteiger charge is -2.30. The highest BCUT2D eigenvalue weighted by Gasteiger charge is 2.29. The summed E-state index contributed by atoms with van der Waals surface area (Å²) in [5, 5.41) is 7.26. The van der Waals surface area contributed by atoms with E-state index in [1.807, 2.05) is 22.8 Å². The van der Waals surface area contributed by atoms with E-state index in [0.717, 1.165) is 31.6 Å². The van der Waals surface area contributed by atoms with Crippen molar-refractivity contribution in [3.8, 4) is 0 Å². The van der Waals surface area contributed by atoms with Crippen LogP contribution in [0.2, 0.25) is 0 Å². The van der Waals surface area contributed by atoms with E-state index >= 15 is 0 Å². The number of aromatic nitrogens is 3. The normalized spacial score (nSPS) is 19.5. The van der Waals surface area contributed by atoms with E-state index in [9.17, 15) is 8.42 Å². The van der Waals surface area contributed by atoms with E-state index in [1.165, 1.54) is 11.8 Å². The zero-order valence-corrected chi connectivity index (χ0v) is 15.3. The van der Waals surface area contributed by atoms with Crippen LogP contribution in [0.5, 0.6) is 0 Å². The van der Waals surface area contributed by atoms with Crippen LogP contribution < -0.4 is 0 Å². The van der Waals surface area contributed by atoms with Crippen molar-refractivity contribution in [2.75, 3.05) is 19.3 Å². The van der Waals surface area contributed by atoms with Crippen LogP contribution in [0.4, 0.5) is 0 Å². The first-order valence-corrected chi connectivity index (χ1v) is 10.3. The van der Waals surface area contributed by atoms with Crippen LogP contribution in [-0.4, -0.2) is 46.8 Å². The molecule has 0 saturated carbocycles. The van der Waals surface area contributed by atoms with Crippen LogP contribution in [0.1, 0.15) is 30.1 Å². The van der Waals surface area contributed by atoms with E-state index in [-0.39, 0.29) is 5.92 Å². The van der Waals surface area contributed by atoms with Gasteiger partial charge in [-0.2, -0.15) is 5.10 Å². The van der Waals surface area contributed by atoms with Gasteiger partial charge < -0.3 is 4.57 Å². The predicted molar refractivity (Wildman–Crippen MR) is 95.9 cm³/mol. The number of piperidine rings is 1. The minimum atomic E-state index is -3.17. The highest BCUT2D eigenvalue weighted by molar-refractivity contribution is 7.88. The summed E-state index contributed by atoms with van der Waals surface area (Å²) >= 11 is 5.37. The molecule has 1 atom stereocenters. The number of nitrogens with zero attached hydrogens (tertiary/aromatic N) is 3. The molecule has 2 heterocycles. The molecule has 1 aromatic carbocycles. The summed E-state index contributed by atoms with van der Waals surface area (Å²) in [5.41, 5.74) is 1.24. The third-order valence-corrected chi connectivity index (χ3v) is 6.05. The Morgan fingerprint density at radius 3 is 2.79 bits per heavy atom. The van der Waals surface area contributed by atoms with E-state index in [0.29, 0.717) is 17.9 Å². The minimum absolute atomic E-state index is 0.0807. The van der Waals surface area contributed by atoms with E-state index < -0.39 is 10.0 Å². The minimum Gasteiger partial charge on any atom is -0.304 e. The van der Waals surface area contributed by atoms with Gasteiger partial charge in [-0.1, -0.05) is 30.3 Å². The number of benzene rings is 1. The van der Waals surface area contributed by atoms with E-state index in [1.54, 1.807) is 4.31 Å². The summed E-state index contributed by atoms with van der Waals surface area (Å²) in [6, 6.07) is 10.2. The SMILES string of the molecule is CS(=O)(=O)N1CCC[C@H](c2n[nH]c(=S)n2CCc2ccccc2)C1. The molecule has 1 fully saturated rings. The van der Waals surface area contributed by atoms with Crippen LogP contribution in [0.3, 0.4) is 0 Å². The maximum Gasteiger partial charge on any atom is 0.211 e. The van der Waals surface area contributed by atoms with Gasteiger partial charge in [0.1, 0.15) is 5.82 Å². The lowest BCUT2D eigenvalue weighted by molar-refractivity contribution is 0.306. The average molecular weight is 367 g/mol. The van der Waals surface area contributed by atoms with Crippen molar-refractivity contribution in [1.29, 1.82) is 0 Å². The Kier molecular flexibility index (Phi) is 5.17. The maximum atomic E-state index is 11.8. The molecule has 0 unspecified atom stereocenters. The molecule has 24 heavy (non-hydrogen) atoms. The molecule has 1 aromatic heterocycles. The molecule has 1 N–H and O–H groups in total. The van der Waals surface area contributed by atoms with Gasteiger partial charge in [0.2, 0.25) is 10.0 Å². The molecule has 6 nitrogen and oxygen atoms in total. The molecule has 1 aliphatic heterocycles. The van der Waals surface area contributed by atoms with Crippen molar-refractivity contribution >= 4 is 22.2 Å². The Morgan fingerprint density at radius 2 is 2.08 bits per heavy atom. The predicted octanol–water partition coefficient (Wildman–Crippen LogP) is 2.32. The van der Waals surface area contributed by atoms with Gasteiger partial charge >= 0.3 is 0 Å². The number of aromatic amines is 1. The van der Waals surface area contributed by atoms with Gasteiger partial charge in [-0.05, 0) is 37.0 Å². The maximum absolute atomic E-state index is 11.8. The number of hydrogen-bond acceptors (Lipinski definition) is 4. The van der Waals surface area contributed by atoms with Crippen LogP contribution in [0.15, 0.2) is 30.3 Å². The van der Waals surface area contributed by atoms with E-state index in [4.69, 9.17) is 12.2 Å². The van der Waals surface area contributed by atoms with Gasteiger partial charge in [0.05, 0.1) is 6.26 Å². The third-order valence-electron chi connectivity index (χ3n) is 4.47. The first kappa shape index (κ1) is 17.3. The van der Waals surface area contributed by atoms with Gasteiger partial charge in [0.15, 0.2) is 4.77 Å². The quantitative estimate of drug-likeness (QED) is 0.825. The summed E-state index contributed by atoms with van der Waals surface area (Å²) in [5.74, 6) is 0.946. The number of hydrogen-bond donors (Lipinski definition) is 1. The zero-order valence-electron chi connectivity index (χ0n) is 13.7. The summed E-state index contributed by atoms with van der Waals surface area (Å²) in [7, 11) is -3.17. The molecule has 0 amide bonds. The highest BCUT2D eigenvalue weighted by atomic mass is 32.2.